The molecule has 0 spiro atoms. The van der Waals surface area contributed by atoms with E-state index in [1.807, 2.05) is 24.3 Å². The van der Waals surface area contributed by atoms with Crippen LogP contribution >= 0.6 is 11.8 Å². The molecule has 0 radical (unpaired) electrons. The van der Waals surface area contributed by atoms with Crippen LogP contribution in [0, 0.1) is 0 Å². The predicted molar refractivity (Wildman–Crippen MR) is 84.6 cm³/mol. The standard InChI is InChI=1S/C15H14N4OS/c1-3-6-21-10-4-5-11(13(7-10)20-2)14-18-12-8-16-9-17-15(12)19-14/h3-5,7-9H,1,6H2,2H3,(H,16,17,18,19). The molecule has 0 saturated heterocycles. The average molecular weight is 298 g/mol. The highest BCUT2D eigenvalue weighted by molar-refractivity contribution is 7.99. The number of benzene rings is 1. The SMILES string of the molecule is C=CCSc1ccc(-c2nc3cncnc3[nH]2)c(OC)c1. The molecule has 0 amide bonds. The summed E-state index contributed by atoms with van der Waals surface area (Å²) in [5.74, 6) is 2.36. The van der Waals surface area contributed by atoms with Crippen molar-refractivity contribution in [3.63, 3.8) is 0 Å². The zero-order chi connectivity index (χ0) is 14.7. The van der Waals surface area contributed by atoms with Crippen molar-refractivity contribution in [2.45, 2.75) is 4.90 Å². The van der Waals surface area contributed by atoms with E-state index in [0.29, 0.717) is 5.65 Å². The molecule has 0 aliphatic carbocycles. The number of fused-ring (bicyclic) bond motifs is 1. The topological polar surface area (TPSA) is 63.7 Å². The molecule has 0 bridgehead atoms. The van der Waals surface area contributed by atoms with Crippen LogP contribution in [0.2, 0.25) is 0 Å². The van der Waals surface area contributed by atoms with Gasteiger partial charge < -0.3 is 9.72 Å². The van der Waals surface area contributed by atoms with Gasteiger partial charge in [-0.3, -0.25) is 0 Å². The molecule has 0 aliphatic rings. The van der Waals surface area contributed by atoms with E-state index < -0.39 is 0 Å². The van der Waals surface area contributed by atoms with Crippen molar-refractivity contribution in [3.8, 4) is 17.1 Å². The number of hydrogen-bond donors (Lipinski definition) is 1. The Kier molecular flexibility index (Phi) is 3.87. The molecule has 0 saturated carbocycles. The molecule has 0 unspecified atom stereocenters. The number of hydrogen-bond acceptors (Lipinski definition) is 5. The molecule has 3 rings (SSSR count). The van der Waals surface area contributed by atoms with Gasteiger partial charge in [0.1, 0.15) is 23.4 Å². The highest BCUT2D eigenvalue weighted by Gasteiger charge is 2.12. The predicted octanol–water partition coefficient (Wildman–Crippen LogP) is 3.31. The van der Waals surface area contributed by atoms with Gasteiger partial charge in [0, 0.05) is 10.6 Å². The lowest BCUT2D eigenvalue weighted by molar-refractivity contribution is 0.415. The number of thioether (sulfide) groups is 1. The summed E-state index contributed by atoms with van der Waals surface area (Å²) in [6, 6.07) is 6.04. The number of ether oxygens (including phenoxy) is 1. The van der Waals surface area contributed by atoms with Crippen molar-refractivity contribution in [2.75, 3.05) is 12.9 Å². The maximum absolute atomic E-state index is 5.48. The highest BCUT2D eigenvalue weighted by atomic mass is 32.2. The number of aromatic amines is 1. The van der Waals surface area contributed by atoms with Crippen molar-refractivity contribution in [2.24, 2.45) is 0 Å². The monoisotopic (exact) mass is 298 g/mol. The second kappa shape index (κ2) is 5.97. The summed E-state index contributed by atoms with van der Waals surface area (Å²) >= 11 is 1.71. The average Bonchev–Trinajstić information content (AvgIpc) is 2.96. The van der Waals surface area contributed by atoms with Crippen LogP contribution in [0.3, 0.4) is 0 Å². The van der Waals surface area contributed by atoms with Crippen LogP contribution in [-0.2, 0) is 0 Å². The van der Waals surface area contributed by atoms with Crippen LogP contribution in [0.1, 0.15) is 0 Å². The Labute approximate surface area is 126 Å². The lowest BCUT2D eigenvalue weighted by Gasteiger charge is -2.08. The van der Waals surface area contributed by atoms with E-state index in [9.17, 15) is 0 Å². The molecule has 3 aromatic rings. The molecule has 5 nitrogen and oxygen atoms in total. The van der Waals surface area contributed by atoms with Gasteiger partial charge in [-0.1, -0.05) is 6.08 Å². The normalized spacial score (nSPS) is 10.7. The van der Waals surface area contributed by atoms with Crippen molar-refractivity contribution in [1.29, 1.82) is 0 Å². The summed E-state index contributed by atoms with van der Waals surface area (Å²) in [5.41, 5.74) is 2.35. The highest BCUT2D eigenvalue weighted by Crippen LogP contribution is 2.33. The van der Waals surface area contributed by atoms with Gasteiger partial charge in [0.2, 0.25) is 0 Å². The van der Waals surface area contributed by atoms with Crippen molar-refractivity contribution >= 4 is 22.9 Å². The summed E-state index contributed by atoms with van der Waals surface area (Å²) in [6.07, 6.45) is 5.06. The second-order valence-electron chi connectivity index (χ2n) is 4.30. The number of aromatic nitrogens is 4. The molecule has 106 valence electrons. The molecule has 1 aromatic carbocycles. The third kappa shape index (κ3) is 2.75. The molecular formula is C15H14N4OS. The smallest absolute Gasteiger partial charge is 0.161 e. The van der Waals surface area contributed by atoms with E-state index in [1.165, 1.54) is 6.33 Å². The third-order valence-corrected chi connectivity index (χ3v) is 3.95. The molecule has 0 atom stereocenters. The second-order valence-corrected chi connectivity index (χ2v) is 5.40. The summed E-state index contributed by atoms with van der Waals surface area (Å²) in [4.78, 5) is 16.9. The van der Waals surface area contributed by atoms with E-state index >= 15 is 0 Å². The van der Waals surface area contributed by atoms with Gasteiger partial charge in [0.25, 0.3) is 0 Å². The number of nitrogens with zero attached hydrogens (tertiary/aromatic N) is 3. The summed E-state index contributed by atoms with van der Waals surface area (Å²) in [5, 5.41) is 0. The maximum atomic E-state index is 5.48. The van der Waals surface area contributed by atoms with E-state index in [0.717, 1.165) is 33.3 Å². The maximum Gasteiger partial charge on any atom is 0.161 e. The largest absolute Gasteiger partial charge is 0.496 e. The van der Waals surface area contributed by atoms with Gasteiger partial charge in [-0.05, 0) is 18.2 Å². The van der Waals surface area contributed by atoms with Crippen LogP contribution in [0.4, 0.5) is 0 Å². The lowest BCUT2D eigenvalue weighted by Crippen LogP contribution is -1.90. The van der Waals surface area contributed by atoms with Crippen LogP contribution in [0.5, 0.6) is 5.75 Å². The Balaban J connectivity index is 2.02. The van der Waals surface area contributed by atoms with Crippen molar-refractivity contribution < 1.29 is 4.74 Å². The fraction of sp³-hybridized carbons (Fsp3) is 0.133. The molecular weight excluding hydrogens is 284 g/mol. The molecule has 2 heterocycles. The van der Waals surface area contributed by atoms with Gasteiger partial charge in [0.15, 0.2) is 5.65 Å². The number of methoxy groups -OCH3 is 1. The van der Waals surface area contributed by atoms with Crippen LogP contribution < -0.4 is 4.74 Å². The number of rotatable bonds is 5. The Bertz CT molecular complexity index is 751. The van der Waals surface area contributed by atoms with Crippen LogP contribution in [0.25, 0.3) is 22.6 Å². The minimum Gasteiger partial charge on any atom is -0.496 e. The van der Waals surface area contributed by atoms with Crippen molar-refractivity contribution in [1.82, 2.24) is 19.9 Å². The fourth-order valence-electron chi connectivity index (χ4n) is 2.00. The number of H-pyrrole nitrogens is 1. The van der Waals surface area contributed by atoms with Gasteiger partial charge in [-0.15, -0.1) is 18.3 Å². The van der Waals surface area contributed by atoms with Crippen LogP contribution in [0.15, 0.2) is 48.3 Å². The molecule has 1 N–H and O–H groups in total. The van der Waals surface area contributed by atoms with Crippen molar-refractivity contribution in [3.05, 3.63) is 43.4 Å². The van der Waals surface area contributed by atoms with Gasteiger partial charge >= 0.3 is 0 Å². The molecule has 21 heavy (non-hydrogen) atoms. The first-order chi connectivity index (χ1) is 10.3. The van der Waals surface area contributed by atoms with E-state index in [4.69, 9.17) is 4.74 Å². The molecule has 2 aromatic heterocycles. The molecule has 0 fully saturated rings. The first-order valence-corrected chi connectivity index (χ1v) is 7.38. The quantitative estimate of drug-likeness (QED) is 0.578. The van der Waals surface area contributed by atoms with E-state index in [2.05, 4.69) is 26.5 Å². The minimum atomic E-state index is 0.715. The van der Waals surface area contributed by atoms with Crippen LogP contribution in [-0.4, -0.2) is 32.8 Å². The van der Waals surface area contributed by atoms with Gasteiger partial charge in [0.05, 0.1) is 18.9 Å². The number of nitrogens with one attached hydrogen (secondary N) is 1. The first kappa shape index (κ1) is 13.6. The fourth-order valence-corrected chi connectivity index (χ4v) is 2.67. The minimum absolute atomic E-state index is 0.715. The summed E-state index contributed by atoms with van der Waals surface area (Å²) in [6.45, 7) is 3.73. The Hall–Kier alpha value is -2.34. The summed E-state index contributed by atoms with van der Waals surface area (Å²) in [7, 11) is 1.66. The zero-order valence-corrected chi connectivity index (χ0v) is 12.4. The van der Waals surface area contributed by atoms with Gasteiger partial charge in [-0.2, -0.15) is 0 Å². The van der Waals surface area contributed by atoms with E-state index in [-0.39, 0.29) is 0 Å². The lowest BCUT2D eigenvalue weighted by atomic mass is 10.2. The first-order valence-electron chi connectivity index (χ1n) is 6.39. The Morgan fingerprint density at radius 3 is 3.10 bits per heavy atom. The summed E-state index contributed by atoms with van der Waals surface area (Å²) < 4.78 is 5.48. The molecule has 0 aliphatic heterocycles. The zero-order valence-electron chi connectivity index (χ0n) is 11.5. The van der Waals surface area contributed by atoms with E-state index in [1.54, 1.807) is 25.1 Å². The molecule has 6 heteroatoms. The number of imidazole rings is 1. The van der Waals surface area contributed by atoms with Gasteiger partial charge in [-0.25, -0.2) is 15.0 Å². The Morgan fingerprint density at radius 2 is 2.33 bits per heavy atom. The third-order valence-electron chi connectivity index (χ3n) is 2.96. The Morgan fingerprint density at radius 1 is 1.43 bits per heavy atom.